The lowest BCUT2D eigenvalue weighted by molar-refractivity contribution is 0.587. The van der Waals surface area contributed by atoms with Crippen molar-refractivity contribution in [3.05, 3.63) is 241 Å². The van der Waals surface area contributed by atoms with Crippen LogP contribution in [0, 0.1) is 0 Å². The molecule has 2 aliphatic carbocycles. The van der Waals surface area contributed by atoms with Crippen molar-refractivity contribution in [3.63, 3.8) is 0 Å². The molecule has 0 saturated carbocycles. The molecule has 3 nitrogen and oxygen atoms in total. The molecule has 3 heterocycles. The lowest BCUT2D eigenvalue weighted by atomic mass is 9.75. The second-order valence-corrected chi connectivity index (χ2v) is 20.9. The van der Waals surface area contributed by atoms with Crippen LogP contribution in [0.3, 0.4) is 0 Å². The summed E-state index contributed by atoms with van der Waals surface area (Å²) in [6.07, 6.45) is 5.73. The van der Waals surface area contributed by atoms with Gasteiger partial charge in [-0.05, 0) is 87.7 Å². The first-order chi connectivity index (χ1) is 35.0. The highest BCUT2D eigenvalue weighted by molar-refractivity contribution is 7.26. The first kappa shape index (κ1) is 40.4. The van der Waals surface area contributed by atoms with Crippen LogP contribution in [0.1, 0.15) is 42.9 Å². The molecule has 0 spiro atoms. The maximum atomic E-state index is 7.58. The summed E-state index contributed by atoms with van der Waals surface area (Å²) in [5.74, 6) is 0.0964. The molecule has 15 rings (SSSR count). The molecule has 0 N–H and O–H groups in total. The van der Waals surface area contributed by atoms with E-state index in [2.05, 4.69) is 231 Å². The Balaban J connectivity index is 1.03. The van der Waals surface area contributed by atoms with E-state index in [1.54, 1.807) is 0 Å². The van der Waals surface area contributed by atoms with Crippen molar-refractivity contribution in [1.82, 2.24) is 0 Å². The van der Waals surface area contributed by atoms with E-state index in [0.717, 1.165) is 89.3 Å². The fraction of sp³-hybridized carbons (Fsp3) is 0.0746. The number of benzene rings is 10. The van der Waals surface area contributed by atoms with E-state index in [4.69, 9.17) is 8.83 Å². The molecular formula is C67H45NO2S. The van der Waals surface area contributed by atoms with E-state index in [1.165, 1.54) is 59.1 Å². The number of hydrogen-bond donors (Lipinski definition) is 0. The SMILES string of the molecule is CC1(C)C2=C(C=CC(c3ccc(N(c4ccc(-c5ccccc5)cc4)c4cccc5c4sc4ccccc45)c4c3oc3c5ccccc5c(-c5cccc6c5oc5ccccc56)cc34)C2)c2ccccc21. The Labute approximate surface area is 414 Å². The Morgan fingerprint density at radius 2 is 1.17 bits per heavy atom. The third-order valence-corrected chi connectivity index (χ3v) is 16.9. The van der Waals surface area contributed by atoms with Crippen LogP contribution in [0.4, 0.5) is 17.1 Å². The predicted octanol–water partition coefficient (Wildman–Crippen LogP) is 19.6. The van der Waals surface area contributed by atoms with Gasteiger partial charge in [0.2, 0.25) is 0 Å². The van der Waals surface area contributed by atoms with Crippen molar-refractivity contribution in [2.45, 2.75) is 31.6 Å². The van der Waals surface area contributed by atoms with Crippen LogP contribution in [-0.2, 0) is 5.41 Å². The van der Waals surface area contributed by atoms with Gasteiger partial charge in [-0.25, -0.2) is 0 Å². The molecule has 71 heavy (non-hydrogen) atoms. The second-order valence-electron chi connectivity index (χ2n) is 19.8. The average Bonchev–Trinajstić information content (AvgIpc) is 4.18. The second kappa shape index (κ2) is 15.3. The van der Waals surface area contributed by atoms with Gasteiger partial charge in [-0.15, -0.1) is 11.3 Å². The summed E-state index contributed by atoms with van der Waals surface area (Å²) < 4.78 is 16.9. The van der Waals surface area contributed by atoms with Gasteiger partial charge >= 0.3 is 0 Å². The Bertz CT molecular complexity index is 4410. The Morgan fingerprint density at radius 1 is 0.493 bits per heavy atom. The zero-order valence-corrected chi connectivity index (χ0v) is 40.1. The molecule has 1 unspecified atom stereocenters. The van der Waals surface area contributed by atoms with Gasteiger partial charge < -0.3 is 13.7 Å². The number of furan rings is 2. The molecule has 336 valence electrons. The summed E-state index contributed by atoms with van der Waals surface area (Å²) in [5, 5.41) is 9.11. The minimum atomic E-state index is -0.0870. The van der Waals surface area contributed by atoms with E-state index in [-0.39, 0.29) is 11.3 Å². The number of thiophene rings is 1. The minimum absolute atomic E-state index is 0.0870. The topological polar surface area (TPSA) is 29.5 Å². The van der Waals surface area contributed by atoms with Gasteiger partial charge in [0, 0.05) is 65.2 Å². The Hall–Kier alpha value is -8.44. The fourth-order valence-corrected chi connectivity index (χ4v) is 13.5. The third-order valence-electron chi connectivity index (χ3n) is 15.7. The van der Waals surface area contributed by atoms with Gasteiger partial charge in [-0.3, -0.25) is 0 Å². The van der Waals surface area contributed by atoms with Crippen molar-refractivity contribution in [3.8, 4) is 22.3 Å². The highest BCUT2D eigenvalue weighted by Crippen LogP contribution is 2.56. The zero-order valence-electron chi connectivity index (χ0n) is 39.2. The molecule has 2 aliphatic rings. The first-order valence-corrected chi connectivity index (χ1v) is 25.5. The van der Waals surface area contributed by atoms with Crippen LogP contribution in [0.5, 0.6) is 0 Å². The maximum Gasteiger partial charge on any atom is 0.143 e. The molecule has 0 radical (unpaired) electrons. The van der Waals surface area contributed by atoms with Gasteiger partial charge in [0.1, 0.15) is 22.3 Å². The van der Waals surface area contributed by atoms with Crippen molar-refractivity contribution < 1.29 is 8.83 Å². The number of nitrogens with zero attached hydrogens (tertiary/aromatic N) is 1. The van der Waals surface area contributed by atoms with Gasteiger partial charge in [-0.2, -0.15) is 0 Å². The third kappa shape index (κ3) is 5.95. The Kier molecular flexibility index (Phi) is 8.70. The smallest absolute Gasteiger partial charge is 0.143 e. The lowest BCUT2D eigenvalue weighted by Gasteiger charge is -2.30. The Morgan fingerprint density at radius 3 is 2.04 bits per heavy atom. The lowest BCUT2D eigenvalue weighted by Crippen LogP contribution is -2.19. The highest BCUT2D eigenvalue weighted by atomic mass is 32.1. The van der Waals surface area contributed by atoms with Crippen molar-refractivity contribution in [1.29, 1.82) is 0 Å². The number of allylic oxidation sites excluding steroid dienone is 4. The number of fused-ring (bicyclic) bond motifs is 13. The number of para-hydroxylation sites is 2. The molecule has 0 fully saturated rings. The first-order valence-electron chi connectivity index (χ1n) is 24.7. The monoisotopic (exact) mass is 927 g/mol. The van der Waals surface area contributed by atoms with Crippen LogP contribution < -0.4 is 4.90 Å². The van der Waals surface area contributed by atoms with Gasteiger partial charge in [0.25, 0.3) is 0 Å². The molecule has 0 aliphatic heterocycles. The van der Waals surface area contributed by atoms with Crippen molar-refractivity contribution in [2.75, 3.05) is 4.90 Å². The summed E-state index contributed by atoms with van der Waals surface area (Å²) in [4.78, 5) is 2.50. The molecular weight excluding hydrogens is 883 g/mol. The molecule has 3 aromatic heterocycles. The van der Waals surface area contributed by atoms with Gasteiger partial charge in [0.05, 0.1) is 21.5 Å². The fourth-order valence-electron chi connectivity index (χ4n) is 12.3. The van der Waals surface area contributed by atoms with Gasteiger partial charge in [0.15, 0.2) is 0 Å². The largest absolute Gasteiger partial charge is 0.455 e. The standard InChI is InChI=1S/C67H45NO2S/c1-67(2)56-26-11-8-19-46(56)47-35-32-42(38-57(47)67)44-36-37-58(68(43-33-30-41(31-34-43)40-16-4-3-5-17-40)59-27-15-25-53-49-21-10-13-29-61(49)71-66(53)59)62-55-39-54(45-18-6-7-22-50(45)64(55)70-65(44)62)52-24-14-23-51-48-20-9-12-28-60(48)69-63(51)52/h3-37,39,42H,38H2,1-2H3. The number of anilines is 3. The average molecular weight is 928 g/mol. The molecule has 13 aromatic rings. The van der Waals surface area contributed by atoms with E-state index >= 15 is 0 Å². The van der Waals surface area contributed by atoms with Crippen LogP contribution in [0.2, 0.25) is 0 Å². The number of hydrogen-bond acceptors (Lipinski definition) is 4. The summed E-state index contributed by atoms with van der Waals surface area (Å²) in [6, 6.07) is 75.2. The van der Waals surface area contributed by atoms with E-state index < -0.39 is 0 Å². The summed E-state index contributed by atoms with van der Waals surface area (Å²) in [5.41, 5.74) is 18.1. The van der Waals surface area contributed by atoms with Crippen LogP contribution in [-0.4, -0.2) is 0 Å². The van der Waals surface area contributed by atoms with Gasteiger partial charge in [-0.1, -0.05) is 195 Å². The van der Waals surface area contributed by atoms with E-state index in [0.29, 0.717) is 0 Å². The van der Waals surface area contributed by atoms with Crippen LogP contribution >= 0.6 is 11.3 Å². The van der Waals surface area contributed by atoms with Crippen molar-refractivity contribution in [2.24, 2.45) is 0 Å². The normalized spacial score (nSPS) is 15.3. The highest BCUT2D eigenvalue weighted by Gasteiger charge is 2.40. The molecule has 1 atom stereocenters. The minimum Gasteiger partial charge on any atom is -0.455 e. The summed E-state index contributed by atoms with van der Waals surface area (Å²) >= 11 is 1.86. The molecule has 0 saturated heterocycles. The van der Waals surface area contributed by atoms with Crippen LogP contribution in [0.15, 0.2) is 233 Å². The predicted molar refractivity (Wildman–Crippen MR) is 300 cm³/mol. The zero-order chi connectivity index (χ0) is 47.0. The quantitative estimate of drug-likeness (QED) is 0.166. The molecule has 0 bridgehead atoms. The summed E-state index contributed by atoms with van der Waals surface area (Å²) in [6.45, 7) is 4.80. The maximum absolute atomic E-state index is 7.58. The molecule has 0 amide bonds. The van der Waals surface area contributed by atoms with E-state index in [1.807, 2.05) is 17.4 Å². The van der Waals surface area contributed by atoms with E-state index in [9.17, 15) is 0 Å². The molecule has 4 heteroatoms. The molecule has 10 aromatic carbocycles. The number of rotatable bonds is 6. The van der Waals surface area contributed by atoms with Crippen LogP contribution in [0.25, 0.3) is 103 Å². The van der Waals surface area contributed by atoms with Crippen molar-refractivity contribution >= 4 is 109 Å². The summed E-state index contributed by atoms with van der Waals surface area (Å²) in [7, 11) is 0.